The number of nitriles is 1. The van der Waals surface area contributed by atoms with Crippen molar-refractivity contribution in [3.05, 3.63) is 40.5 Å². The van der Waals surface area contributed by atoms with Gasteiger partial charge >= 0.3 is 0 Å². The Morgan fingerprint density at radius 2 is 1.94 bits per heavy atom. The lowest BCUT2D eigenvalue weighted by Crippen LogP contribution is -2.00. The molecule has 3 rings (SSSR count). The Balaban J connectivity index is 2.19. The van der Waals surface area contributed by atoms with E-state index in [9.17, 15) is 5.26 Å². The molecule has 0 aromatic carbocycles. The Bertz CT molecular complexity index is 543. The van der Waals surface area contributed by atoms with E-state index in [0.717, 1.165) is 23.4 Å². The lowest BCUT2D eigenvalue weighted by molar-refractivity contribution is 0.695. The van der Waals surface area contributed by atoms with Crippen molar-refractivity contribution in [1.29, 1.82) is 5.26 Å². The summed E-state index contributed by atoms with van der Waals surface area (Å²) in [5.41, 5.74) is 2.21. The molecule has 0 aliphatic heterocycles. The summed E-state index contributed by atoms with van der Waals surface area (Å²) in [5.74, 6) is 0. The molecule has 0 radical (unpaired) electrons. The first-order valence-electron chi connectivity index (χ1n) is 5.58. The van der Waals surface area contributed by atoms with E-state index in [-0.39, 0.29) is 0 Å². The molecule has 1 aliphatic carbocycles. The monoisotopic (exact) mass is 228 g/mol. The minimum atomic E-state index is 0.899. The van der Waals surface area contributed by atoms with E-state index in [1.807, 2.05) is 24.5 Å². The summed E-state index contributed by atoms with van der Waals surface area (Å²) in [4.78, 5) is 1.42. The molecule has 0 amide bonds. The summed E-state index contributed by atoms with van der Waals surface area (Å²) < 4.78 is 2.06. The van der Waals surface area contributed by atoms with Crippen molar-refractivity contribution < 1.29 is 0 Å². The van der Waals surface area contributed by atoms with E-state index >= 15 is 0 Å². The Morgan fingerprint density at radius 3 is 2.69 bits per heavy atom. The van der Waals surface area contributed by atoms with Crippen molar-refractivity contribution in [3.63, 3.8) is 0 Å². The second kappa shape index (κ2) is 3.80. The van der Waals surface area contributed by atoms with Gasteiger partial charge in [0.1, 0.15) is 11.1 Å². The maximum atomic E-state index is 9.31. The third-order valence-corrected chi connectivity index (χ3v) is 4.41. The first-order valence-corrected chi connectivity index (χ1v) is 6.40. The fourth-order valence-corrected chi connectivity index (χ4v) is 3.62. The molecule has 2 aromatic heterocycles. The Kier molecular flexibility index (Phi) is 2.30. The van der Waals surface area contributed by atoms with Crippen LogP contribution in [0.1, 0.15) is 28.8 Å². The summed E-state index contributed by atoms with van der Waals surface area (Å²) in [6.45, 7) is 0. The van der Waals surface area contributed by atoms with Crippen LogP contribution in [0.5, 0.6) is 0 Å². The molecular weight excluding hydrogens is 216 g/mol. The fraction of sp³-hybridized carbons (Fsp3) is 0.308. The quantitative estimate of drug-likeness (QED) is 0.736. The Hall–Kier alpha value is -1.53. The molecule has 3 heteroatoms. The SMILES string of the molecule is N#Cc1c(-n2cccc2)sc2c1CCCC2. The van der Waals surface area contributed by atoms with Crippen LogP contribution in [0.25, 0.3) is 5.00 Å². The minimum absolute atomic E-state index is 0.899. The highest BCUT2D eigenvalue weighted by atomic mass is 32.1. The smallest absolute Gasteiger partial charge is 0.118 e. The highest BCUT2D eigenvalue weighted by Crippen LogP contribution is 2.36. The van der Waals surface area contributed by atoms with Crippen molar-refractivity contribution >= 4 is 11.3 Å². The molecule has 2 nitrogen and oxygen atoms in total. The zero-order chi connectivity index (χ0) is 11.0. The van der Waals surface area contributed by atoms with E-state index in [1.165, 1.54) is 23.3 Å². The predicted molar refractivity (Wildman–Crippen MR) is 65.0 cm³/mol. The van der Waals surface area contributed by atoms with Crippen molar-refractivity contribution in [1.82, 2.24) is 4.57 Å². The molecule has 0 fully saturated rings. The molecule has 0 bridgehead atoms. The number of aryl methyl sites for hydroxylation is 1. The maximum Gasteiger partial charge on any atom is 0.118 e. The summed E-state index contributed by atoms with van der Waals surface area (Å²) in [5, 5.41) is 10.4. The van der Waals surface area contributed by atoms with Crippen LogP contribution >= 0.6 is 11.3 Å². The topological polar surface area (TPSA) is 28.7 Å². The Morgan fingerprint density at radius 1 is 1.19 bits per heavy atom. The number of rotatable bonds is 1. The zero-order valence-corrected chi connectivity index (χ0v) is 9.76. The van der Waals surface area contributed by atoms with Gasteiger partial charge in [0.15, 0.2) is 0 Å². The molecule has 0 saturated carbocycles. The van der Waals surface area contributed by atoms with Gasteiger partial charge < -0.3 is 4.57 Å². The number of aromatic nitrogens is 1. The van der Waals surface area contributed by atoms with Gasteiger partial charge in [-0.2, -0.15) is 5.26 Å². The highest BCUT2D eigenvalue weighted by molar-refractivity contribution is 7.15. The number of hydrogen-bond acceptors (Lipinski definition) is 2. The van der Waals surface area contributed by atoms with E-state index < -0.39 is 0 Å². The van der Waals surface area contributed by atoms with Gasteiger partial charge in [-0.05, 0) is 43.4 Å². The van der Waals surface area contributed by atoms with E-state index in [1.54, 1.807) is 11.3 Å². The molecule has 0 N–H and O–H groups in total. The van der Waals surface area contributed by atoms with Gasteiger partial charge in [0.2, 0.25) is 0 Å². The molecule has 2 heterocycles. The van der Waals surface area contributed by atoms with Gasteiger partial charge in [0.25, 0.3) is 0 Å². The first-order chi connectivity index (χ1) is 7.90. The number of thiophene rings is 1. The molecular formula is C13H12N2S. The number of fused-ring (bicyclic) bond motifs is 1. The van der Waals surface area contributed by atoms with Crippen molar-refractivity contribution in [2.75, 3.05) is 0 Å². The Labute approximate surface area is 98.8 Å². The van der Waals surface area contributed by atoms with E-state index in [0.29, 0.717) is 0 Å². The van der Waals surface area contributed by atoms with Crippen molar-refractivity contribution in [3.8, 4) is 11.1 Å². The predicted octanol–water partition coefficient (Wildman–Crippen LogP) is 3.29. The minimum Gasteiger partial charge on any atom is -0.314 e. The summed E-state index contributed by atoms with van der Waals surface area (Å²) in [7, 11) is 0. The van der Waals surface area contributed by atoms with Gasteiger partial charge in [-0.1, -0.05) is 0 Å². The van der Waals surface area contributed by atoms with E-state index in [4.69, 9.17) is 0 Å². The normalized spacial score (nSPS) is 14.4. The van der Waals surface area contributed by atoms with Crippen LogP contribution in [0.15, 0.2) is 24.5 Å². The molecule has 0 atom stereocenters. The average molecular weight is 228 g/mol. The third kappa shape index (κ3) is 1.38. The third-order valence-electron chi connectivity index (χ3n) is 3.10. The van der Waals surface area contributed by atoms with Crippen molar-refractivity contribution in [2.24, 2.45) is 0 Å². The van der Waals surface area contributed by atoms with Gasteiger partial charge in [-0.15, -0.1) is 11.3 Å². The first kappa shape index (κ1) is 9.68. The van der Waals surface area contributed by atoms with E-state index in [2.05, 4.69) is 10.6 Å². The molecule has 0 spiro atoms. The number of hydrogen-bond donors (Lipinski definition) is 0. The second-order valence-electron chi connectivity index (χ2n) is 4.09. The van der Waals surface area contributed by atoms with Gasteiger partial charge in [0.05, 0.1) is 5.56 Å². The zero-order valence-electron chi connectivity index (χ0n) is 8.94. The fourth-order valence-electron chi connectivity index (χ4n) is 2.32. The molecule has 80 valence electrons. The van der Waals surface area contributed by atoms with Crippen LogP contribution in [0, 0.1) is 11.3 Å². The van der Waals surface area contributed by atoms with Crippen LogP contribution in [-0.4, -0.2) is 4.57 Å². The van der Waals surface area contributed by atoms with Gasteiger partial charge in [0, 0.05) is 17.3 Å². The van der Waals surface area contributed by atoms with Gasteiger partial charge in [-0.25, -0.2) is 0 Å². The number of nitrogens with zero attached hydrogens (tertiary/aromatic N) is 2. The van der Waals surface area contributed by atoms with Crippen LogP contribution in [-0.2, 0) is 12.8 Å². The summed E-state index contributed by atoms with van der Waals surface area (Å²) >= 11 is 1.78. The molecule has 0 unspecified atom stereocenters. The largest absolute Gasteiger partial charge is 0.314 e. The molecule has 0 saturated heterocycles. The standard InChI is InChI=1S/C13H12N2S/c14-9-11-10-5-1-2-6-12(10)16-13(11)15-7-3-4-8-15/h3-4,7-8H,1-2,5-6H2. The van der Waals surface area contributed by atoms with Crippen LogP contribution in [0.3, 0.4) is 0 Å². The van der Waals surface area contributed by atoms with Crippen molar-refractivity contribution in [2.45, 2.75) is 25.7 Å². The molecule has 2 aromatic rings. The second-order valence-corrected chi connectivity index (χ2v) is 5.18. The highest BCUT2D eigenvalue weighted by Gasteiger charge is 2.20. The van der Waals surface area contributed by atoms with Crippen LogP contribution in [0.2, 0.25) is 0 Å². The lowest BCUT2D eigenvalue weighted by atomic mass is 9.96. The van der Waals surface area contributed by atoms with Gasteiger partial charge in [-0.3, -0.25) is 0 Å². The summed E-state index contributed by atoms with van der Waals surface area (Å²) in [6, 6.07) is 6.38. The van der Waals surface area contributed by atoms with Crippen LogP contribution < -0.4 is 0 Å². The summed E-state index contributed by atoms with van der Waals surface area (Å²) in [6.07, 6.45) is 8.75. The lowest BCUT2D eigenvalue weighted by Gasteiger charge is -2.09. The maximum absolute atomic E-state index is 9.31. The molecule has 16 heavy (non-hydrogen) atoms. The van der Waals surface area contributed by atoms with Crippen LogP contribution in [0.4, 0.5) is 0 Å². The molecule has 1 aliphatic rings. The average Bonchev–Trinajstić information content (AvgIpc) is 2.95.